The van der Waals surface area contributed by atoms with Crippen LogP contribution in [0.4, 0.5) is 0 Å². The van der Waals surface area contributed by atoms with E-state index >= 15 is 0 Å². The molecule has 3 nitrogen and oxygen atoms in total. The Balaban J connectivity index is 2.22. The molecule has 2 rings (SSSR count). The molecule has 1 atom stereocenters. The number of ether oxygens (including phenoxy) is 1. The second kappa shape index (κ2) is 4.84. The molecule has 0 radical (unpaired) electrons. The molecule has 1 saturated heterocycles. The van der Waals surface area contributed by atoms with E-state index in [1.165, 1.54) is 0 Å². The van der Waals surface area contributed by atoms with Crippen molar-refractivity contribution in [3.63, 3.8) is 0 Å². The van der Waals surface area contributed by atoms with Crippen LogP contribution in [0, 0.1) is 0 Å². The first-order chi connectivity index (χ1) is 7.27. The number of hydrogen-bond acceptors (Lipinski definition) is 3. The third-order valence-corrected chi connectivity index (χ3v) is 2.84. The van der Waals surface area contributed by atoms with Crippen molar-refractivity contribution in [2.45, 2.75) is 12.5 Å². The van der Waals surface area contributed by atoms with Crippen LogP contribution in [-0.2, 0) is 4.74 Å². The minimum absolute atomic E-state index is 0.0760. The number of halogens is 1. The fraction of sp³-hybridized carbons (Fsp3) is 0.455. The number of phenolic OH excluding ortho intramolecular Hbond substituents is 1. The molecule has 1 unspecified atom stereocenters. The lowest BCUT2D eigenvalue weighted by Gasteiger charge is -2.17. The molecule has 4 heteroatoms. The Bertz CT molecular complexity index is 335. The Morgan fingerprint density at radius 1 is 1.47 bits per heavy atom. The van der Waals surface area contributed by atoms with E-state index in [4.69, 9.17) is 16.3 Å². The molecule has 1 heterocycles. The summed E-state index contributed by atoms with van der Waals surface area (Å²) in [4.78, 5) is 0. The summed E-state index contributed by atoms with van der Waals surface area (Å²) in [6, 6.07) is 5.06. The van der Waals surface area contributed by atoms with Crippen molar-refractivity contribution >= 4 is 11.6 Å². The minimum atomic E-state index is 0.0760. The molecular weight excluding hydrogens is 214 g/mol. The molecule has 1 aliphatic rings. The average Bonchev–Trinajstić information content (AvgIpc) is 2.50. The summed E-state index contributed by atoms with van der Waals surface area (Å²) in [7, 11) is 0. The van der Waals surface area contributed by atoms with Crippen LogP contribution in [0.15, 0.2) is 18.2 Å². The van der Waals surface area contributed by atoms with Crippen molar-refractivity contribution in [1.82, 2.24) is 5.32 Å². The Hall–Kier alpha value is -0.770. The summed E-state index contributed by atoms with van der Waals surface area (Å²) in [5, 5.41) is 13.4. The van der Waals surface area contributed by atoms with Gasteiger partial charge in [0, 0.05) is 11.6 Å². The number of hydrogen-bond donors (Lipinski definition) is 2. The summed E-state index contributed by atoms with van der Waals surface area (Å²) in [6.45, 7) is 2.29. The molecule has 1 aromatic carbocycles. The van der Waals surface area contributed by atoms with E-state index in [2.05, 4.69) is 5.32 Å². The highest BCUT2D eigenvalue weighted by molar-refractivity contribution is 6.31. The molecule has 0 aliphatic carbocycles. The number of benzene rings is 1. The standard InChI is InChI=1S/C11H14ClNO2/c12-10-3-2-8(14)6-9(10)11-7-15-5-1-4-13-11/h2-3,6,11,13-14H,1,4-5,7H2. The van der Waals surface area contributed by atoms with E-state index in [1.807, 2.05) is 0 Å². The second-order valence-electron chi connectivity index (χ2n) is 3.64. The van der Waals surface area contributed by atoms with Gasteiger partial charge >= 0.3 is 0 Å². The summed E-state index contributed by atoms with van der Waals surface area (Å²) in [5.74, 6) is 0.237. The van der Waals surface area contributed by atoms with Gasteiger partial charge in [-0.25, -0.2) is 0 Å². The van der Waals surface area contributed by atoms with Crippen LogP contribution < -0.4 is 5.32 Å². The van der Waals surface area contributed by atoms with E-state index in [0.29, 0.717) is 11.6 Å². The van der Waals surface area contributed by atoms with Gasteiger partial charge in [-0.3, -0.25) is 0 Å². The van der Waals surface area contributed by atoms with Gasteiger partial charge in [-0.1, -0.05) is 11.6 Å². The van der Waals surface area contributed by atoms with Crippen LogP contribution in [0.5, 0.6) is 5.75 Å². The summed E-state index contributed by atoms with van der Waals surface area (Å²) in [5.41, 5.74) is 0.901. The van der Waals surface area contributed by atoms with Gasteiger partial charge in [0.15, 0.2) is 0 Å². The topological polar surface area (TPSA) is 41.5 Å². The fourth-order valence-electron chi connectivity index (χ4n) is 1.71. The molecule has 0 amide bonds. The number of rotatable bonds is 1. The van der Waals surface area contributed by atoms with E-state index in [9.17, 15) is 5.11 Å². The van der Waals surface area contributed by atoms with Crippen LogP contribution in [0.3, 0.4) is 0 Å². The zero-order chi connectivity index (χ0) is 10.7. The van der Waals surface area contributed by atoms with Gasteiger partial charge in [-0.2, -0.15) is 0 Å². The van der Waals surface area contributed by atoms with Crippen molar-refractivity contribution in [1.29, 1.82) is 0 Å². The zero-order valence-electron chi connectivity index (χ0n) is 8.37. The molecule has 0 spiro atoms. The highest BCUT2D eigenvalue weighted by Gasteiger charge is 2.17. The Morgan fingerprint density at radius 3 is 3.20 bits per heavy atom. The van der Waals surface area contributed by atoms with Crippen LogP contribution in [0.2, 0.25) is 5.02 Å². The zero-order valence-corrected chi connectivity index (χ0v) is 9.13. The molecular formula is C11H14ClNO2. The molecule has 1 aromatic rings. The third-order valence-electron chi connectivity index (χ3n) is 2.50. The van der Waals surface area contributed by atoms with Gasteiger partial charge < -0.3 is 15.2 Å². The lowest BCUT2D eigenvalue weighted by Crippen LogP contribution is -2.23. The van der Waals surface area contributed by atoms with Gasteiger partial charge in [-0.15, -0.1) is 0 Å². The van der Waals surface area contributed by atoms with Crippen LogP contribution >= 0.6 is 11.6 Å². The Morgan fingerprint density at radius 2 is 2.33 bits per heavy atom. The SMILES string of the molecule is Oc1ccc(Cl)c(C2COCCCN2)c1. The lowest BCUT2D eigenvalue weighted by atomic mass is 10.1. The van der Waals surface area contributed by atoms with Crippen molar-refractivity contribution in [2.24, 2.45) is 0 Å². The summed E-state index contributed by atoms with van der Waals surface area (Å²) < 4.78 is 5.45. The second-order valence-corrected chi connectivity index (χ2v) is 4.05. The summed E-state index contributed by atoms with van der Waals surface area (Å²) >= 11 is 6.08. The van der Waals surface area contributed by atoms with Crippen LogP contribution in [0.1, 0.15) is 18.0 Å². The molecule has 0 aromatic heterocycles. The predicted octanol–water partition coefficient (Wildman–Crippen LogP) is 2.10. The molecule has 15 heavy (non-hydrogen) atoms. The van der Waals surface area contributed by atoms with Crippen molar-refractivity contribution < 1.29 is 9.84 Å². The fourth-order valence-corrected chi connectivity index (χ4v) is 1.96. The minimum Gasteiger partial charge on any atom is -0.508 e. The quantitative estimate of drug-likeness (QED) is 0.772. The average molecular weight is 228 g/mol. The maximum Gasteiger partial charge on any atom is 0.116 e. The van der Waals surface area contributed by atoms with Crippen molar-refractivity contribution in [2.75, 3.05) is 19.8 Å². The van der Waals surface area contributed by atoms with Gasteiger partial charge in [0.2, 0.25) is 0 Å². The van der Waals surface area contributed by atoms with Gasteiger partial charge in [0.05, 0.1) is 12.6 Å². The van der Waals surface area contributed by atoms with Gasteiger partial charge in [0.25, 0.3) is 0 Å². The van der Waals surface area contributed by atoms with E-state index < -0.39 is 0 Å². The van der Waals surface area contributed by atoms with E-state index in [0.717, 1.165) is 25.1 Å². The highest BCUT2D eigenvalue weighted by Crippen LogP contribution is 2.27. The highest BCUT2D eigenvalue weighted by atomic mass is 35.5. The predicted molar refractivity (Wildman–Crippen MR) is 59.3 cm³/mol. The summed E-state index contributed by atoms with van der Waals surface area (Å²) in [6.07, 6.45) is 1.01. The first-order valence-electron chi connectivity index (χ1n) is 5.07. The molecule has 2 N–H and O–H groups in total. The molecule has 1 fully saturated rings. The van der Waals surface area contributed by atoms with E-state index in [-0.39, 0.29) is 11.8 Å². The normalized spacial score (nSPS) is 22.3. The molecule has 0 saturated carbocycles. The maximum atomic E-state index is 9.41. The molecule has 0 bridgehead atoms. The first-order valence-corrected chi connectivity index (χ1v) is 5.45. The van der Waals surface area contributed by atoms with Gasteiger partial charge in [-0.05, 0) is 36.7 Å². The van der Waals surface area contributed by atoms with Crippen LogP contribution in [-0.4, -0.2) is 24.9 Å². The van der Waals surface area contributed by atoms with Crippen molar-refractivity contribution in [3.8, 4) is 5.75 Å². The molecule has 82 valence electrons. The largest absolute Gasteiger partial charge is 0.508 e. The van der Waals surface area contributed by atoms with E-state index in [1.54, 1.807) is 18.2 Å². The lowest BCUT2D eigenvalue weighted by molar-refractivity contribution is 0.131. The molecule has 1 aliphatic heterocycles. The van der Waals surface area contributed by atoms with Crippen molar-refractivity contribution in [3.05, 3.63) is 28.8 Å². The monoisotopic (exact) mass is 227 g/mol. The smallest absolute Gasteiger partial charge is 0.116 e. The van der Waals surface area contributed by atoms with Crippen LogP contribution in [0.25, 0.3) is 0 Å². The Labute approximate surface area is 94.0 Å². The number of nitrogens with one attached hydrogen (secondary N) is 1. The number of aromatic hydroxyl groups is 1. The first kappa shape index (κ1) is 10.7. The Kier molecular flexibility index (Phi) is 3.46. The maximum absolute atomic E-state index is 9.41. The third kappa shape index (κ3) is 2.62. The number of phenols is 1. The van der Waals surface area contributed by atoms with Gasteiger partial charge in [0.1, 0.15) is 5.75 Å².